The maximum atomic E-state index is 13.3. The molecule has 1 saturated heterocycles. The topological polar surface area (TPSA) is 126 Å². The first-order chi connectivity index (χ1) is 20.5. The van der Waals surface area contributed by atoms with Gasteiger partial charge in [0, 0.05) is 25.1 Å². The number of aliphatic carboxylic acids is 1. The second-order valence-corrected chi connectivity index (χ2v) is 13.5. The van der Waals surface area contributed by atoms with Crippen molar-refractivity contribution in [3.63, 3.8) is 0 Å². The third-order valence-corrected chi connectivity index (χ3v) is 8.41. The van der Waals surface area contributed by atoms with E-state index in [2.05, 4.69) is 29.2 Å². The number of carbonyl (C=O) groups is 3. The Morgan fingerprint density at radius 2 is 1.75 bits per heavy atom. The Balaban J connectivity index is 1.75. The zero-order valence-electron chi connectivity index (χ0n) is 27.0. The minimum Gasteiger partial charge on any atom is -0.479 e. The second kappa shape index (κ2) is 12.3. The van der Waals surface area contributed by atoms with Crippen molar-refractivity contribution in [1.82, 2.24) is 19.9 Å². The first-order valence-corrected chi connectivity index (χ1v) is 15.1. The summed E-state index contributed by atoms with van der Waals surface area (Å²) in [6.45, 7) is 16.2. The van der Waals surface area contributed by atoms with Gasteiger partial charge >= 0.3 is 5.97 Å². The summed E-state index contributed by atoms with van der Waals surface area (Å²) in [6, 6.07) is 7.22. The number of halogens is 1. The number of aromatic nitrogens is 3. The summed E-state index contributed by atoms with van der Waals surface area (Å²) in [7, 11) is 0. The Morgan fingerprint density at radius 3 is 2.30 bits per heavy atom. The van der Waals surface area contributed by atoms with E-state index in [1.807, 2.05) is 20.8 Å². The van der Waals surface area contributed by atoms with Gasteiger partial charge in [-0.25, -0.2) is 14.2 Å². The zero-order chi connectivity index (χ0) is 32.6. The molecule has 44 heavy (non-hydrogen) atoms. The molecule has 4 rings (SSSR count). The van der Waals surface area contributed by atoms with Crippen LogP contribution in [0.2, 0.25) is 0 Å². The molecule has 3 aromatic rings. The highest BCUT2D eigenvalue weighted by molar-refractivity contribution is 5.97. The quantitative estimate of drug-likeness (QED) is 0.313. The number of fused-ring (bicyclic) bond motifs is 1. The van der Waals surface area contributed by atoms with E-state index in [4.69, 9.17) is 9.72 Å². The van der Waals surface area contributed by atoms with Crippen molar-refractivity contribution in [1.29, 1.82) is 0 Å². The number of carbonyl (C=O) groups excluding carboxylic acids is 2. The summed E-state index contributed by atoms with van der Waals surface area (Å²) in [5, 5.41) is 18.0. The number of nitrogens with zero attached hydrogens (tertiary/aromatic N) is 4. The number of ether oxygens (including phenoxy) is 1. The molecule has 2 unspecified atom stereocenters. The third kappa shape index (κ3) is 6.77. The molecule has 10 nitrogen and oxygen atoms in total. The normalized spacial score (nSPS) is 17.2. The fraction of sp³-hybridized carbons (Fsp3) is 0.545. The number of piperidine rings is 1. The van der Waals surface area contributed by atoms with E-state index in [-0.39, 0.29) is 29.9 Å². The predicted molar refractivity (Wildman–Crippen MR) is 166 cm³/mol. The van der Waals surface area contributed by atoms with E-state index in [1.54, 1.807) is 32.9 Å². The number of aryl methyl sites for hydroxylation is 1. The number of carboxylic acid groups (broad SMARTS) is 1. The molecular weight excluding hydrogens is 565 g/mol. The van der Waals surface area contributed by atoms with Gasteiger partial charge < -0.3 is 20.1 Å². The number of Topliss-reactive ketones (excluding diaryl/α,β-unsaturated/α-hetero) is 1. The molecule has 0 aliphatic carbocycles. The average molecular weight is 610 g/mol. The number of benzene rings is 1. The Kier molecular flexibility index (Phi) is 9.21. The lowest BCUT2D eigenvalue weighted by atomic mass is 9.82. The van der Waals surface area contributed by atoms with Gasteiger partial charge in [0.05, 0.1) is 23.4 Å². The van der Waals surface area contributed by atoms with Gasteiger partial charge in [0.1, 0.15) is 11.6 Å². The largest absolute Gasteiger partial charge is 0.479 e. The summed E-state index contributed by atoms with van der Waals surface area (Å²) in [5.74, 6) is -2.33. The van der Waals surface area contributed by atoms with Crippen LogP contribution in [0.3, 0.4) is 0 Å². The lowest BCUT2D eigenvalue weighted by Gasteiger charge is -2.42. The molecule has 0 spiro atoms. The van der Waals surface area contributed by atoms with Crippen molar-refractivity contribution in [2.75, 3.05) is 24.5 Å². The highest BCUT2D eigenvalue weighted by atomic mass is 19.1. The second-order valence-electron chi connectivity index (χ2n) is 13.5. The van der Waals surface area contributed by atoms with Gasteiger partial charge in [0.2, 0.25) is 0 Å². The van der Waals surface area contributed by atoms with Crippen LogP contribution in [0, 0.1) is 18.2 Å². The monoisotopic (exact) mass is 609 g/mol. The van der Waals surface area contributed by atoms with E-state index < -0.39 is 34.8 Å². The van der Waals surface area contributed by atoms with Crippen molar-refractivity contribution in [2.45, 2.75) is 91.8 Å². The van der Waals surface area contributed by atoms with Crippen LogP contribution >= 0.6 is 0 Å². The average Bonchev–Trinajstić information content (AvgIpc) is 3.37. The molecule has 1 aliphatic heterocycles. The Hall–Kier alpha value is -3.86. The summed E-state index contributed by atoms with van der Waals surface area (Å²) in [4.78, 5) is 46.0. The summed E-state index contributed by atoms with van der Waals surface area (Å²) in [5.41, 5.74) is -0.421. The lowest BCUT2D eigenvalue weighted by Crippen LogP contribution is -2.47. The molecule has 2 atom stereocenters. The number of amides is 1. The van der Waals surface area contributed by atoms with Crippen LogP contribution in [-0.4, -0.2) is 62.6 Å². The SMILES string of the molecule is CCC(OC(C)(C)C)(C(=O)O)c1c(C)nc2cc(C(=O)NCC(=O)C(C)c3ccc(F)cc3)nn2c1N1CCC(C)(C)CC1. The number of hydrogen-bond donors (Lipinski definition) is 2. The van der Waals surface area contributed by atoms with Crippen LogP contribution in [0.4, 0.5) is 10.2 Å². The van der Waals surface area contributed by atoms with E-state index >= 15 is 0 Å². The molecule has 2 aromatic heterocycles. The van der Waals surface area contributed by atoms with Crippen LogP contribution in [0.25, 0.3) is 5.65 Å². The number of anilines is 1. The molecular formula is C33H44FN5O5. The molecule has 11 heteroatoms. The van der Waals surface area contributed by atoms with Crippen molar-refractivity contribution in [3.8, 4) is 0 Å². The van der Waals surface area contributed by atoms with Crippen LogP contribution in [-0.2, 0) is 19.9 Å². The zero-order valence-corrected chi connectivity index (χ0v) is 27.0. The molecule has 238 valence electrons. The molecule has 0 bridgehead atoms. The Morgan fingerprint density at radius 1 is 1.14 bits per heavy atom. The molecule has 3 heterocycles. The fourth-order valence-electron chi connectivity index (χ4n) is 5.77. The molecule has 2 N–H and O–H groups in total. The van der Waals surface area contributed by atoms with Crippen molar-refractivity contribution in [2.24, 2.45) is 5.41 Å². The minimum atomic E-state index is -1.72. The first kappa shape index (κ1) is 33.0. The van der Waals surface area contributed by atoms with Gasteiger partial charge in [-0.15, -0.1) is 0 Å². The maximum absolute atomic E-state index is 13.3. The first-order valence-electron chi connectivity index (χ1n) is 15.1. The van der Waals surface area contributed by atoms with Gasteiger partial charge in [0.25, 0.3) is 5.91 Å². The number of carboxylic acids is 1. The number of hydrogen-bond acceptors (Lipinski definition) is 7. The molecule has 0 radical (unpaired) electrons. The summed E-state index contributed by atoms with van der Waals surface area (Å²) in [6.07, 6.45) is 1.90. The van der Waals surface area contributed by atoms with E-state index in [0.29, 0.717) is 41.4 Å². The van der Waals surface area contributed by atoms with Crippen LogP contribution < -0.4 is 10.2 Å². The smallest absolute Gasteiger partial charge is 0.340 e. The van der Waals surface area contributed by atoms with Crippen LogP contribution in [0.5, 0.6) is 0 Å². The van der Waals surface area contributed by atoms with Gasteiger partial charge in [-0.2, -0.15) is 9.61 Å². The van der Waals surface area contributed by atoms with E-state index in [0.717, 1.165) is 12.8 Å². The van der Waals surface area contributed by atoms with Crippen LogP contribution in [0.15, 0.2) is 30.3 Å². The van der Waals surface area contributed by atoms with Gasteiger partial charge in [-0.1, -0.05) is 39.8 Å². The third-order valence-electron chi connectivity index (χ3n) is 8.41. The predicted octanol–water partition coefficient (Wildman–Crippen LogP) is 5.41. The number of ketones is 1. The molecule has 0 saturated carbocycles. The molecule has 1 fully saturated rings. The van der Waals surface area contributed by atoms with Crippen molar-refractivity contribution < 1.29 is 28.6 Å². The summed E-state index contributed by atoms with van der Waals surface area (Å²) < 4.78 is 21.2. The molecule has 1 aromatic carbocycles. The fourth-order valence-corrected chi connectivity index (χ4v) is 5.77. The minimum absolute atomic E-state index is 0.0454. The Bertz CT molecular complexity index is 1550. The molecule has 1 amide bonds. The highest BCUT2D eigenvalue weighted by Gasteiger charge is 2.48. The highest BCUT2D eigenvalue weighted by Crippen LogP contribution is 2.43. The standard InChI is InChI=1S/C33H44FN5O5/c1-9-33(30(42)43,44-31(4,5)6)27-21(3)36-26-18-24(37-39(26)29(27)38-16-14-32(7,8)15-17-38)28(41)35-19-25(40)20(2)22-10-12-23(34)13-11-22/h10-13,18,20H,9,14-17,19H2,1-8H3,(H,35,41)(H,42,43). The number of rotatable bonds is 10. The Labute approximate surface area is 258 Å². The van der Waals surface area contributed by atoms with Crippen molar-refractivity contribution >= 4 is 29.1 Å². The van der Waals surface area contributed by atoms with Gasteiger partial charge in [0.15, 0.2) is 22.7 Å². The van der Waals surface area contributed by atoms with Crippen LogP contribution in [0.1, 0.15) is 101 Å². The lowest BCUT2D eigenvalue weighted by molar-refractivity contribution is -0.189. The maximum Gasteiger partial charge on any atom is 0.340 e. The van der Waals surface area contributed by atoms with E-state index in [9.17, 15) is 23.9 Å². The van der Waals surface area contributed by atoms with E-state index in [1.165, 1.54) is 22.7 Å². The summed E-state index contributed by atoms with van der Waals surface area (Å²) >= 11 is 0. The van der Waals surface area contributed by atoms with Crippen molar-refractivity contribution in [3.05, 3.63) is 58.7 Å². The molecule has 1 aliphatic rings. The van der Waals surface area contributed by atoms with Gasteiger partial charge in [-0.05, 0) is 70.1 Å². The van der Waals surface area contributed by atoms with Gasteiger partial charge in [-0.3, -0.25) is 9.59 Å². The number of nitrogens with one attached hydrogen (secondary N) is 1.